The van der Waals surface area contributed by atoms with Crippen molar-refractivity contribution >= 4 is 20.2 Å². The van der Waals surface area contributed by atoms with Crippen LogP contribution in [0.15, 0.2) is 96.1 Å². The number of hydrogen-bond acceptors (Lipinski definition) is 2. The Morgan fingerprint density at radius 1 is 0.511 bits per heavy atom. The average Bonchev–Trinajstić information content (AvgIpc) is 3.52. The zero-order valence-corrected chi connectivity index (χ0v) is 31.6. The van der Waals surface area contributed by atoms with E-state index in [9.17, 15) is 0 Å². The van der Waals surface area contributed by atoms with Crippen LogP contribution < -0.4 is 9.47 Å². The van der Waals surface area contributed by atoms with Crippen LogP contribution in [-0.4, -0.2) is 22.3 Å². The summed E-state index contributed by atoms with van der Waals surface area (Å²) in [5.74, 6) is 1.85. The Labute approximate surface area is 284 Å². The molecule has 0 radical (unpaired) electrons. The van der Waals surface area contributed by atoms with Crippen LogP contribution in [0.4, 0.5) is 0 Å². The zero-order valence-electron chi connectivity index (χ0n) is 30.6. The van der Waals surface area contributed by atoms with E-state index in [-0.39, 0.29) is 20.9 Å². The molecule has 0 aromatic heterocycles. The number of hydrogen-bond donors (Lipinski definition) is 0. The third-order valence-corrected chi connectivity index (χ3v) is 18.4. The van der Waals surface area contributed by atoms with Crippen LogP contribution in [0.25, 0.3) is 34.4 Å². The molecular weight excluding hydrogens is 589 g/mol. The van der Waals surface area contributed by atoms with Crippen molar-refractivity contribution in [3.63, 3.8) is 0 Å². The summed E-state index contributed by atoms with van der Waals surface area (Å²) in [5.41, 5.74) is 13.1. The Bertz CT molecular complexity index is 1760. The first-order valence-electron chi connectivity index (χ1n) is 17.0. The minimum Gasteiger partial charge on any atom is -0.496 e. The Kier molecular flexibility index (Phi) is 7.83. The fraction of sp³-hybridized carbons (Fsp3) is 0.364. The van der Waals surface area contributed by atoms with E-state index >= 15 is 0 Å². The SMILES string of the molecule is COc1ccc2c(c1-c1ccccc1)C=C(C)C2(C(C)(C)C)[Si](C)(C)C1(C(C)(C)C)C(C)=Cc2c1ccc(OC)c2-c1ccccc1. The molecule has 2 aliphatic carbocycles. The van der Waals surface area contributed by atoms with Crippen molar-refractivity contribution in [2.75, 3.05) is 14.2 Å². The summed E-state index contributed by atoms with van der Waals surface area (Å²) in [6, 6.07) is 30.8. The van der Waals surface area contributed by atoms with Gasteiger partial charge in [0.15, 0.2) is 0 Å². The second-order valence-electron chi connectivity index (χ2n) is 16.2. The van der Waals surface area contributed by atoms with E-state index in [1.807, 2.05) is 0 Å². The summed E-state index contributed by atoms with van der Waals surface area (Å²) >= 11 is 0. The molecule has 0 heterocycles. The van der Waals surface area contributed by atoms with Crippen molar-refractivity contribution in [1.82, 2.24) is 0 Å². The van der Waals surface area contributed by atoms with Crippen LogP contribution in [0.5, 0.6) is 11.5 Å². The van der Waals surface area contributed by atoms with Gasteiger partial charge in [-0.3, -0.25) is 0 Å². The molecule has 2 nitrogen and oxygen atoms in total. The van der Waals surface area contributed by atoms with Crippen LogP contribution in [-0.2, 0) is 10.1 Å². The van der Waals surface area contributed by atoms with Gasteiger partial charge in [0, 0.05) is 21.2 Å². The summed E-state index contributed by atoms with van der Waals surface area (Å²) < 4.78 is 12.2. The predicted molar refractivity (Wildman–Crippen MR) is 204 cm³/mol. The van der Waals surface area contributed by atoms with Gasteiger partial charge >= 0.3 is 0 Å². The standard InChI is InChI=1S/C44H52O2Si/c1-29-27-33-35(23-25-37(45-9)39(33)31-19-15-13-16-20-31)43(29,41(3,4)5)47(11,12)44(42(6,7)8)30(2)28-34-36(44)24-26-38(46-10)40(34)32-21-17-14-18-22-32/h13-28H,1-12H3. The Balaban J connectivity index is 1.74. The van der Waals surface area contributed by atoms with Gasteiger partial charge < -0.3 is 9.47 Å². The van der Waals surface area contributed by atoms with Gasteiger partial charge in [0.1, 0.15) is 11.5 Å². The maximum atomic E-state index is 6.08. The number of ether oxygens (including phenoxy) is 2. The van der Waals surface area contributed by atoms with E-state index < -0.39 is 8.07 Å². The molecule has 0 saturated carbocycles. The van der Waals surface area contributed by atoms with Gasteiger partial charge in [-0.25, -0.2) is 0 Å². The van der Waals surface area contributed by atoms with Crippen molar-refractivity contribution < 1.29 is 9.47 Å². The molecule has 244 valence electrons. The molecule has 4 aromatic carbocycles. The minimum atomic E-state index is -2.56. The summed E-state index contributed by atoms with van der Waals surface area (Å²) in [6.07, 6.45) is 5.02. The van der Waals surface area contributed by atoms with E-state index in [2.05, 4.69) is 166 Å². The largest absolute Gasteiger partial charge is 0.496 e. The first kappa shape index (κ1) is 33.1. The molecule has 0 N–H and O–H groups in total. The lowest BCUT2D eigenvalue weighted by Gasteiger charge is -2.65. The van der Waals surface area contributed by atoms with Crippen molar-refractivity contribution in [3.8, 4) is 33.8 Å². The van der Waals surface area contributed by atoms with Gasteiger partial charge in [0.2, 0.25) is 0 Å². The topological polar surface area (TPSA) is 18.5 Å². The predicted octanol–water partition coefficient (Wildman–Crippen LogP) is 11.9. The van der Waals surface area contributed by atoms with Gasteiger partial charge in [-0.2, -0.15) is 0 Å². The second kappa shape index (κ2) is 11.1. The number of methoxy groups -OCH3 is 2. The highest BCUT2D eigenvalue weighted by Gasteiger charge is 2.70. The highest BCUT2D eigenvalue weighted by Crippen LogP contribution is 2.69. The molecule has 47 heavy (non-hydrogen) atoms. The smallest absolute Gasteiger partial charge is 0.127 e. The monoisotopic (exact) mass is 640 g/mol. The maximum Gasteiger partial charge on any atom is 0.127 e. The molecule has 2 atom stereocenters. The van der Waals surface area contributed by atoms with E-state index in [4.69, 9.17) is 9.47 Å². The van der Waals surface area contributed by atoms with Crippen molar-refractivity contribution in [3.05, 3.63) is 118 Å². The molecule has 0 aliphatic heterocycles. The van der Waals surface area contributed by atoms with E-state index in [0.29, 0.717) is 0 Å². The third kappa shape index (κ3) is 4.28. The number of allylic oxidation sites excluding steroid dienone is 2. The maximum absolute atomic E-state index is 6.08. The Morgan fingerprint density at radius 3 is 1.15 bits per heavy atom. The quantitative estimate of drug-likeness (QED) is 0.195. The second-order valence-corrected chi connectivity index (χ2v) is 21.0. The summed E-state index contributed by atoms with van der Waals surface area (Å²) in [7, 11) is 1.04. The Morgan fingerprint density at radius 2 is 0.851 bits per heavy atom. The van der Waals surface area contributed by atoms with Gasteiger partial charge in [0.05, 0.1) is 22.3 Å². The van der Waals surface area contributed by atoms with Crippen molar-refractivity contribution in [2.45, 2.75) is 78.6 Å². The van der Waals surface area contributed by atoms with Gasteiger partial charge in [-0.1, -0.05) is 151 Å². The van der Waals surface area contributed by atoms with Crippen molar-refractivity contribution in [1.29, 1.82) is 0 Å². The third-order valence-electron chi connectivity index (χ3n) is 11.8. The molecule has 0 fully saturated rings. The summed E-state index contributed by atoms with van der Waals surface area (Å²) in [6.45, 7) is 25.1. The van der Waals surface area contributed by atoms with Gasteiger partial charge in [-0.15, -0.1) is 0 Å². The van der Waals surface area contributed by atoms with Crippen LogP contribution >= 0.6 is 0 Å². The molecule has 0 spiro atoms. The molecular formula is C44H52O2Si. The molecule has 4 aromatic rings. The van der Waals surface area contributed by atoms with Crippen LogP contribution in [0.1, 0.15) is 77.6 Å². The van der Waals surface area contributed by atoms with Crippen LogP contribution in [0.2, 0.25) is 13.1 Å². The van der Waals surface area contributed by atoms with Crippen LogP contribution in [0.3, 0.4) is 0 Å². The van der Waals surface area contributed by atoms with Crippen LogP contribution in [0, 0.1) is 10.8 Å². The van der Waals surface area contributed by atoms with Crippen molar-refractivity contribution in [2.24, 2.45) is 10.8 Å². The highest BCUT2D eigenvalue weighted by atomic mass is 28.3. The number of benzene rings is 4. The first-order valence-corrected chi connectivity index (χ1v) is 20.0. The minimum absolute atomic E-state index is 0.0763. The van der Waals surface area contributed by atoms with E-state index in [1.165, 1.54) is 55.7 Å². The molecule has 0 bridgehead atoms. The first-order chi connectivity index (χ1) is 22.1. The molecule has 3 heteroatoms. The van der Waals surface area contributed by atoms with E-state index in [1.54, 1.807) is 14.2 Å². The average molecular weight is 641 g/mol. The number of rotatable bonds is 6. The zero-order chi connectivity index (χ0) is 34.2. The molecule has 0 saturated heterocycles. The molecule has 6 rings (SSSR count). The molecule has 2 aliphatic rings. The fourth-order valence-corrected chi connectivity index (χ4v) is 19.4. The molecule has 2 unspecified atom stereocenters. The number of fused-ring (bicyclic) bond motifs is 2. The highest BCUT2D eigenvalue weighted by molar-refractivity contribution is 6.85. The summed E-state index contributed by atoms with van der Waals surface area (Å²) in [5, 5.41) is -0.385. The lowest BCUT2D eigenvalue weighted by Crippen LogP contribution is -2.72. The Hall–Kier alpha value is -3.82. The lowest BCUT2D eigenvalue weighted by atomic mass is 9.71. The van der Waals surface area contributed by atoms with Gasteiger partial charge in [-0.05, 0) is 70.2 Å². The lowest BCUT2D eigenvalue weighted by molar-refractivity contribution is 0.254. The summed E-state index contributed by atoms with van der Waals surface area (Å²) in [4.78, 5) is 0. The normalized spacial score (nSPS) is 20.8. The van der Waals surface area contributed by atoms with E-state index in [0.717, 1.165) is 11.5 Å². The fourth-order valence-electron chi connectivity index (χ4n) is 11.2. The molecule has 0 amide bonds. The van der Waals surface area contributed by atoms with Gasteiger partial charge in [0.25, 0.3) is 0 Å².